The van der Waals surface area contributed by atoms with Crippen molar-refractivity contribution in [2.24, 2.45) is 0 Å². The summed E-state index contributed by atoms with van der Waals surface area (Å²) in [5.74, 6) is 1.57. The van der Waals surface area contributed by atoms with E-state index in [9.17, 15) is 5.11 Å². The van der Waals surface area contributed by atoms with E-state index in [1.54, 1.807) is 6.20 Å². The maximum atomic E-state index is 9.67. The first-order chi connectivity index (χ1) is 15.9. The number of benzene rings is 1. The van der Waals surface area contributed by atoms with Crippen LogP contribution in [-0.2, 0) is 13.2 Å². The van der Waals surface area contributed by atoms with E-state index >= 15 is 0 Å². The number of fused-ring (bicyclic) bond motifs is 1. The summed E-state index contributed by atoms with van der Waals surface area (Å²) in [6.07, 6.45) is 3.75. The van der Waals surface area contributed by atoms with Crippen LogP contribution < -0.4 is 19.7 Å². The minimum Gasteiger partial charge on any atom is -0.491 e. The maximum absolute atomic E-state index is 9.67. The van der Waals surface area contributed by atoms with Crippen LogP contribution in [0.4, 0.5) is 6.01 Å². The Morgan fingerprint density at radius 2 is 1.76 bits per heavy atom. The van der Waals surface area contributed by atoms with Crippen molar-refractivity contribution in [2.45, 2.75) is 71.9 Å². The Kier molecular flexibility index (Phi) is 7.35. The predicted molar refractivity (Wildman–Crippen MR) is 128 cm³/mol. The minimum absolute atomic E-state index is 0.0640. The molecule has 0 atom stereocenters. The molecule has 1 fully saturated rings. The number of aromatic nitrogens is 2. The van der Waals surface area contributed by atoms with Gasteiger partial charge in [0.25, 0.3) is 6.01 Å². The Labute approximate surface area is 194 Å². The highest BCUT2D eigenvalue weighted by atomic mass is 16.5. The molecule has 1 saturated heterocycles. The highest BCUT2D eigenvalue weighted by Gasteiger charge is 2.26. The van der Waals surface area contributed by atoms with E-state index in [1.165, 1.54) is 0 Å². The smallest absolute Gasteiger partial charge is 0.299 e. The molecule has 0 amide bonds. The van der Waals surface area contributed by atoms with Gasteiger partial charge in [0.15, 0.2) is 5.58 Å². The van der Waals surface area contributed by atoms with Crippen molar-refractivity contribution in [2.75, 3.05) is 18.0 Å². The molecule has 1 aromatic carbocycles. The standard InChI is InChI=1S/C25H34N4O4/c1-16(2)31-20-11-18(12-21(13-20)32-17(3)4)14-29(19-5-8-26-9-6-19)25-28-22-7-10-27-23(15-30)24(22)33-25/h7,10-13,16-17,19,26,30H,5-6,8-9,14-15H2,1-4H3. The normalized spacial score (nSPS) is 14.9. The highest BCUT2D eigenvalue weighted by molar-refractivity contribution is 5.76. The number of aliphatic hydroxyl groups is 1. The van der Waals surface area contributed by atoms with Gasteiger partial charge in [0.05, 0.1) is 18.8 Å². The zero-order valence-electron chi connectivity index (χ0n) is 19.9. The quantitative estimate of drug-likeness (QED) is 0.500. The second-order valence-electron chi connectivity index (χ2n) is 9.02. The van der Waals surface area contributed by atoms with Crippen LogP contribution in [0.25, 0.3) is 11.1 Å². The van der Waals surface area contributed by atoms with Crippen molar-refractivity contribution < 1.29 is 19.0 Å². The van der Waals surface area contributed by atoms with Gasteiger partial charge in [0, 0.05) is 24.8 Å². The third-order valence-electron chi connectivity index (χ3n) is 5.55. The van der Waals surface area contributed by atoms with Gasteiger partial charge in [-0.15, -0.1) is 0 Å². The molecule has 0 bridgehead atoms. The topological polar surface area (TPSA) is 92.9 Å². The molecule has 0 radical (unpaired) electrons. The number of oxazole rings is 1. The fourth-order valence-electron chi connectivity index (χ4n) is 4.20. The number of hydrogen-bond acceptors (Lipinski definition) is 8. The summed E-state index contributed by atoms with van der Waals surface area (Å²) in [6, 6.07) is 8.69. The second kappa shape index (κ2) is 10.4. The molecule has 0 unspecified atom stereocenters. The maximum Gasteiger partial charge on any atom is 0.299 e. The molecular weight excluding hydrogens is 420 g/mol. The van der Waals surface area contributed by atoms with Gasteiger partial charge in [0.1, 0.15) is 22.7 Å². The fourth-order valence-corrected chi connectivity index (χ4v) is 4.20. The molecule has 0 saturated carbocycles. The van der Waals surface area contributed by atoms with Gasteiger partial charge >= 0.3 is 0 Å². The Morgan fingerprint density at radius 1 is 1.09 bits per heavy atom. The second-order valence-corrected chi connectivity index (χ2v) is 9.02. The molecule has 3 aromatic rings. The molecule has 1 aliphatic heterocycles. The SMILES string of the molecule is CC(C)Oc1cc(CN(c2nc3ccnc(CO)c3o2)C2CCNCC2)cc(OC(C)C)c1. The largest absolute Gasteiger partial charge is 0.491 e. The zero-order valence-corrected chi connectivity index (χ0v) is 19.9. The number of aliphatic hydroxyl groups excluding tert-OH is 1. The molecule has 2 N–H and O–H groups in total. The molecule has 8 heteroatoms. The Bertz CT molecular complexity index is 1030. The number of hydrogen-bond donors (Lipinski definition) is 2. The van der Waals surface area contributed by atoms with Crippen molar-refractivity contribution in [3.8, 4) is 11.5 Å². The number of pyridine rings is 1. The van der Waals surface area contributed by atoms with Crippen LogP contribution in [-0.4, -0.2) is 46.4 Å². The van der Waals surface area contributed by atoms with E-state index in [0.717, 1.165) is 43.0 Å². The molecule has 4 rings (SSSR count). The summed E-state index contributed by atoms with van der Waals surface area (Å²) in [5, 5.41) is 13.1. The zero-order chi connectivity index (χ0) is 23.4. The Hall–Kier alpha value is -2.84. The van der Waals surface area contributed by atoms with Crippen LogP contribution in [0.2, 0.25) is 0 Å². The lowest BCUT2D eigenvalue weighted by molar-refractivity contribution is 0.228. The summed E-state index contributed by atoms with van der Waals surface area (Å²) >= 11 is 0. The lowest BCUT2D eigenvalue weighted by Crippen LogP contribution is -2.43. The first-order valence-electron chi connectivity index (χ1n) is 11.7. The van der Waals surface area contributed by atoms with Crippen molar-refractivity contribution in [3.63, 3.8) is 0 Å². The Balaban J connectivity index is 1.71. The molecule has 178 valence electrons. The van der Waals surface area contributed by atoms with Crippen molar-refractivity contribution in [3.05, 3.63) is 41.7 Å². The lowest BCUT2D eigenvalue weighted by Gasteiger charge is -2.33. The molecule has 1 aliphatic rings. The van der Waals surface area contributed by atoms with Crippen LogP contribution in [0.1, 0.15) is 51.8 Å². The number of ether oxygens (including phenoxy) is 2. The van der Waals surface area contributed by atoms with Gasteiger partial charge in [-0.1, -0.05) is 0 Å². The number of rotatable bonds is 9. The lowest BCUT2D eigenvalue weighted by atomic mass is 10.0. The van der Waals surface area contributed by atoms with Crippen LogP contribution in [0.3, 0.4) is 0 Å². The first kappa shape index (κ1) is 23.3. The number of nitrogens with one attached hydrogen (secondary N) is 1. The molecule has 33 heavy (non-hydrogen) atoms. The molecule has 2 aromatic heterocycles. The Morgan fingerprint density at radius 3 is 2.36 bits per heavy atom. The van der Waals surface area contributed by atoms with Gasteiger partial charge in [-0.3, -0.25) is 4.98 Å². The number of piperidine rings is 1. The summed E-state index contributed by atoms with van der Waals surface area (Å²) in [4.78, 5) is 11.2. The predicted octanol–water partition coefficient (Wildman–Crippen LogP) is 4.05. The van der Waals surface area contributed by atoms with Gasteiger partial charge in [-0.05, 0) is 77.4 Å². The van der Waals surface area contributed by atoms with Crippen molar-refractivity contribution >= 4 is 17.1 Å². The summed E-state index contributed by atoms with van der Waals surface area (Å²) < 4.78 is 18.2. The molecular formula is C25H34N4O4. The van der Waals surface area contributed by atoms with Gasteiger partial charge in [0.2, 0.25) is 0 Å². The summed E-state index contributed by atoms with van der Waals surface area (Å²) in [6.45, 7) is 10.4. The average molecular weight is 455 g/mol. The van der Waals surface area contributed by atoms with Gasteiger partial charge < -0.3 is 29.2 Å². The van der Waals surface area contributed by atoms with E-state index in [4.69, 9.17) is 18.9 Å². The third kappa shape index (κ3) is 5.75. The average Bonchev–Trinajstić information content (AvgIpc) is 3.21. The number of anilines is 1. The van der Waals surface area contributed by atoms with Crippen LogP contribution in [0, 0.1) is 0 Å². The molecule has 0 spiro atoms. The monoisotopic (exact) mass is 454 g/mol. The minimum atomic E-state index is -0.191. The first-order valence-corrected chi connectivity index (χ1v) is 11.7. The van der Waals surface area contributed by atoms with Crippen molar-refractivity contribution in [1.29, 1.82) is 0 Å². The third-order valence-corrected chi connectivity index (χ3v) is 5.55. The van der Waals surface area contributed by atoms with E-state index in [1.807, 2.05) is 39.8 Å². The molecule has 8 nitrogen and oxygen atoms in total. The summed E-state index contributed by atoms with van der Waals surface area (Å²) in [5.41, 5.74) is 2.79. The van der Waals surface area contributed by atoms with Gasteiger partial charge in [-0.2, -0.15) is 4.98 Å². The molecule has 3 heterocycles. The van der Waals surface area contributed by atoms with Crippen molar-refractivity contribution in [1.82, 2.24) is 15.3 Å². The highest BCUT2D eigenvalue weighted by Crippen LogP contribution is 2.31. The van der Waals surface area contributed by atoms with E-state index in [-0.39, 0.29) is 24.9 Å². The van der Waals surface area contributed by atoms with Gasteiger partial charge in [-0.25, -0.2) is 0 Å². The molecule has 0 aliphatic carbocycles. The van der Waals surface area contributed by atoms with Crippen LogP contribution in [0.15, 0.2) is 34.9 Å². The van der Waals surface area contributed by atoms with E-state index in [2.05, 4.69) is 27.3 Å². The summed E-state index contributed by atoms with van der Waals surface area (Å²) in [7, 11) is 0. The number of nitrogens with zero attached hydrogens (tertiary/aromatic N) is 3. The van der Waals surface area contributed by atoms with E-state index in [0.29, 0.717) is 29.4 Å². The van der Waals surface area contributed by atoms with Crippen LogP contribution >= 0.6 is 0 Å². The van der Waals surface area contributed by atoms with Crippen LogP contribution in [0.5, 0.6) is 11.5 Å². The fraction of sp³-hybridized carbons (Fsp3) is 0.520. The van der Waals surface area contributed by atoms with E-state index < -0.39 is 0 Å².